The van der Waals surface area contributed by atoms with Crippen molar-refractivity contribution in [3.8, 4) is 5.75 Å². The number of carbonyl (C=O) groups excluding carboxylic acids is 2. The Hall–Kier alpha value is -3.02. The second-order valence-corrected chi connectivity index (χ2v) is 5.93. The van der Waals surface area contributed by atoms with Crippen LogP contribution >= 0.6 is 0 Å². The van der Waals surface area contributed by atoms with Crippen molar-refractivity contribution < 1.29 is 14.3 Å². The third kappa shape index (κ3) is 4.73. The molecule has 0 atom stereocenters. The SMILES string of the molecule is COc1ccccc1NCC(=O)Nc1cccc(C(=O)NC2CC2)c1. The van der Waals surface area contributed by atoms with Crippen molar-refractivity contribution in [1.82, 2.24) is 5.32 Å². The van der Waals surface area contributed by atoms with Gasteiger partial charge >= 0.3 is 0 Å². The lowest BCUT2D eigenvalue weighted by Gasteiger charge is -2.11. The molecule has 1 aliphatic carbocycles. The number of hydrogen-bond acceptors (Lipinski definition) is 4. The number of para-hydroxylation sites is 2. The molecule has 2 amide bonds. The minimum Gasteiger partial charge on any atom is -0.495 e. The lowest BCUT2D eigenvalue weighted by Crippen LogP contribution is -2.26. The van der Waals surface area contributed by atoms with E-state index in [1.807, 2.05) is 24.3 Å². The van der Waals surface area contributed by atoms with Gasteiger partial charge in [0.1, 0.15) is 5.75 Å². The summed E-state index contributed by atoms with van der Waals surface area (Å²) in [5.74, 6) is 0.366. The van der Waals surface area contributed by atoms with Gasteiger partial charge in [0.05, 0.1) is 19.3 Å². The monoisotopic (exact) mass is 339 g/mol. The van der Waals surface area contributed by atoms with Crippen LogP contribution in [0.2, 0.25) is 0 Å². The van der Waals surface area contributed by atoms with Gasteiger partial charge in [-0.25, -0.2) is 0 Å². The van der Waals surface area contributed by atoms with Gasteiger partial charge < -0.3 is 20.7 Å². The highest BCUT2D eigenvalue weighted by Gasteiger charge is 2.23. The van der Waals surface area contributed by atoms with E-state index in [0.717, 1.165) is 18.5 Å². The van der Waals surface area contributed by atoms with Crippen molar-refractivity contribution in [3.05, 3.63) is 54.1 Å². The molecule has 0 unspecified atom stereocenters. The quantitative estimate of drug-likeness (QED) is 0.724. The van der Waals surface area contributed by atoms with Crippen LogP contribution in [0.4, 0.5) is 11.4 Å². The second-order valence-electron chi connectivity index (χ2n) is 5.93. The number of rotatable bonds is 7. The predicted molar refractivity (Wildman–Crippen MR) is 97.0 cm³/mol. The average Bonchev–Trinajstić information content (AvgIpc) is 3.44. The van der Waals surface area contributed by atoms with Crippen LogP contribution < -0.4 is 20.7 Å². The van der Waals surface area contributed by atoms with E-state index in [0.29, 0.717) is 23.0 Å². The van der Waals surface area contributed by atoms with Gasteiger partial charge in [-0.1, -0.05) is 18.2 Å². The number of hydrogen-bond donors (Lipinski definition) is 3. The Kier molecular flexibility index (Phi) is 5.18. The number of anilines is 2. The topological polar surface area (TPSA) is 79.5 Å². The van der Waals surface area contributed by atoms with Crippen molar-refractivity contribution in [3.63, 3.8) is 0 Å². The summed E-state index contributed by atoms with van der Waals surface area (Å²) < 4.78 is 5.24. The first kappa shape index (κ1) is 16.8. The Morgan fingerprint density at radius 2 is 1.92 bits per heavy atom. The summed E-state index contributed by atoms with van der Waals surface area (Å²) >= 11 is 0. The summed E-state index contributed by atoms with van der Waals surface area (Å²) in [4.78, 5) is 24.2. The van der Waals surface area contributed by atoms with Crippen LogP contribution in [0.15, 0.2) is 48.5 Å². The molecule has 130 valence electrons. The van der Waals surface area contributed by atoms with E-state index >= 15 is 0 Å². The van der Waals surface area contributed by atoms with E-state index < -0.39 is 0 Å². The van der Waals surface area contributed by atoms with Crippen LogP contribution in [-0.4, -0.2) is 31.5 Å². The molecule has 2 aromatic carbocycles. The fourth-order valence-electron chi connectivity index (χ4n) is 2.41. The Morgan fingerprint density at radius 1 is 1.12 bits per heavy atom. The highest BCUT2D eigenvalue weighted by atomic mass is 16.5. The first-order valence-electron chi connectivity index (χ1n) is 8.23. The number of benzene rings is 2. The van der Waals surface area contributed by atoms with Gasteiger partial charge in [0.15, 0.2) is 0 Å². The standard InChI is InChI=1S/C19H21N3O3/c1-25-17-8-3-2-7-16(17)20-12-18(23)21-15-6-4-5-13(11-15)19(24)22-14-9-10-14/h2-8,11,14,20H,9-10,12H2,1H3,(H,21,23)(H,22,24). The van der Waals surface area contributed by atoms with Gasteiger partial charge in [-0.15, -0.1) is 0 Å². The zero-order chi connectivity index (χ0) is 17.6. The molecule has 6 nitrogen and oxygen atoms in total. The smallest absolute Gasteiger partial charge is 0.251 e. The number of nitrogens with one attached hydrogen (secondary N) is 3. The van der Waals surface area contributed by atoms with E-state index in [1.165, 1.54) is 0 Å². The Labute approximate surface area is 146 Å². The molecule has 0 spiro atoms. The lowest BCUT2D eigenvalue weighted by molar-refractivity contribution is -0.114. The van der Waals surface area contributed by atoms with Crippen molar-refractivity contribution in [1.29, 1.82) is 0 Å². The number of amides is 2. The maximum atomic E-state index is 12.1. The number of methoxy groups -OCH3 is 1. The van der Waals surface area contributed by atoms with E-state index in [4.69, 9.17) is 4.74 Å². The van der Waals surface area contributed by atoms with Crippen molar-refractivity contribution in [2.24, 2.45) is 0 Å². The molecule has 2 aromatic rings. The Balaban J connectivity index is 1.56. The Bertz CT molecular complexity index is 772. The summed E-state index contributed by atoms with van der Waals surface area (Å²) in [6, 6.07) is 14.6. The molecule has 6 heteroatoms. The lowest BCUT2D eigenvalue weighted by atomic mass is 10.2. The molecule has 0 aliphatic heterocycles. The molecule has 1 saturated carbocycles. The first-order chi connectivity index (χ1) is 12.2. The van der Waals surface area contributed by atoms with E-state index in [2.05, 4.69) is 16.0 Å². The molecular formula is C19H21N3O3. The summed E-state index contributed by atoms with van der Waals surface area (Å²) in [5.41, 5.74) is 1.88. The molecule has 0 heterocycles. The fraction of sp³-hybridized carbons (Fsp3) is 0.263. The van der Waals surface area contributed by atoms with Gasteiger partial charge in [-0.3, -0.25) is 9.59 Å². The third-order valence-electron chi connectivity index (χ3n) is 3.87. The maximum Gasteiger partial charge on any atom is 0.251 e. The highest BCUT2D eigenvalue weighted by molar-refractivity contribution is 5.98. The molecule has 3 rings (SSSR count). The molecule has 1 fully saturated rings. The third-order valence-corrected chi connectivity index (χ3v) is 3.87. The maximum absolute atomic E-state index is 12.1. The Morgan fingerprint density at radius 3 is 2.68 bits per heavy atom. The van der Waals surface area contributed by atoms with Crippen molar-refractivity contribution >= 4 is 23.2 Å². The molecule has 1 aliphatic rings. The van der Waals surface area contributed by atoms with E-state index in [-0.39, 0.29) is 18.4 Å². The summed E-state index contributed by atoms with van der Waals surface area (Å²) in [6.45, 7) is 0.0961. The second kappa shape index (κ2) is 7.70. The van der Waals surface area contributed by atoms with Crippen LogP contribution in [0.3, 0.4) is 0 Å². The average molecular weight is 339 g/mol. The van der Waals surface area contributed by atoms with Gasteiger partial charge in [0, 0.05) is 17.3 Å². The molecular weight excluding hydrogens is 318 g/mol. The molecule has 0 bridgehead atoms. The highest BCUT2D eigenvalue weighted by Crippen LogP contribution is 2.23. The summed E-state index contributed by atoms with van der Waals surface area (Å²) in [6.07, 6.45) is 2.08. The number of ether oxygens (including phenoxy) is 1. The molecule has 3 N–H and O–H groups in total. The van der Waals surface area contributed by atoms with Crippen LogP contribution in [-0.2, 0) is 4.79 Å². The summed E-state index contributed by atoms with van der Waals surface area (Å²) in [5, 5.41) is 8.76. The van der Waals surface area contributed by atoms with Crippen LogP contribution in [0.1, 0.15) is 23.2 Å². The zero-order valence-corrected chi connectivity index (χ0v) is 14.0. The molecule has 25 heavy (non-hydrogen) atoms. The van der Waals surface area contributed by atoms with Gasteiger partial charge in [-0.2, -0.15) is 0 Å². The molecule has 0 aromatic heterocycles. The van der Waals surface area contributed by atoms with Crippen LogP contribution in [0, 0.1) is 0 Å². The largest absolute Gasteiger partial charge is 0.495 e. The normalized spacial score (nSPS) is 13.0. The molecule has 0 radical (unpaired) electrons. The van der Waals surface area contributed by atoms with Gasteiger partial charge in [-0.05, 0) is 43.2 Å². The van der Waals surface area contributed by atoms with Crippen LogP contribution in [0.25, 0.3) is 0 Å². The molecule has 0 saturated heterocycles. The first-order valence-corrected chi connectivity index (χ1v) is 8.23. The minimum atomic E-state index is -0.203. The van der Waals surface area contributed by atoms with Gasteiger partial charge in [0.2, 0.25) is 5.91 Å². The number of carbonyl (C=O) groups is 2. The minimum absolute atomic E-state index is 0.0961. The van der Waals surface area contributed by atoms with Crippen LogP contribution in [0.5, 0.6) is 5.75 Å². The fourth-order valence-corrected chi connectivity index (χ4v) is 2.41. The van der Waals surface area contributed by atoms with Gasteiger partial charge in [0.25, 0.3) is 5.91 Å². The van der Waals surface area contributed by atoms with E-state index in [9.17, 15) is 9.59 Å². The van der Waals surface area contributed by atoms with Crippen molar-refractivity contribution in [2.45, 2.75) is 18.9 Å². The summed E-state index contributed by atoms with van der Waals surface area (Å²) in [7, 11) is 1.58. The van der Waals surface area contributed by atoms with E-state index in [1.54, 1.807) is 31.4 Å². The zero-order valence-electron chi connectivity index (χ0n) is 14.0. The predicted octanol–water partition coefficient (Wildman–Crippen LogP) is 2.64. The van der Waals surface area contributed by atoms with Crippen molar-refractivity contribution in [2.75, 3.05) is 24.3 Å².